The van der Waals surface area contributed by atoms with Gasteiger partial charge in [-0.2, -0.15) is 0 Å². The average Bonchev–Trinajstić information content (AvgIpc) is 3.28. The zero-order valence-electron chi connectivity index (χ0n) is 11.7. The highest BCUT2D eigenvalue weighted by molar-refractivity contribution is 5.84. The highest BCUT2D eigenvalue weighted by atomic mass is 16.5. The number of likely N-dealkylation sites (N-methyl/N-ethyl adjacent to an activating group) is 1. The van der Waals surface area contributed by atoms with Crippen LogP contribution in [0.1, 0.15) is 12.8 Å². The highest BCUT2D eigenvalue weighted by Crippen LogP contribution is 2.29. The molecule has 1 aliphatic rings. The van der Waals surface area contributed by atoms with E-state index in [4.69, 9.17) is 4.74 Å². The predicted octanol–water partition coefficient (Wildman–Crippen LogP) is 3.09. The molecule has 2 aromatic rings. The summed E-state index contributed by atoms with van der Waals surface area (Å²) in [6.07, 6.45) is 2.51. The summed E-state index contributed by atoms with van der Waals surface area (Å²) in [5, 5.41) is 2.31. The second-order valence-corrected chi connectivity index (χ2v) is 5.52. The number of amides is 1. The van der Waals surface area contributed by atoms with E-state index in [1.807, 2.05) is 43.4 Å². The Balaban J connectivity index is 1.59. The maximum Gasteiger partial charge on any atom is 0.260 e. The number of nitrogens with zero attached hydrogens (tertiary/aromatic N) is 1. The van der Waals surface area contributed by atoms with Crippen LogP contribution in [0.2, 0.25) is 0 Å². The molecule has 2 aromatic carbocycles. The summed E-state index contributed by atoms with van der Waals surface area (Å²) in [6.45, 7) is 0.974. The topological polar surface area (TPSA) is 29.5 Å². The van der Waals surface area contributed by atoms with Gasteiger partial charge in [-0.25, -0.2) is 0 Å². The fraction of sp³-hybridized carbons (Fsp3) is 0.353. The lowest BCUT2D eigenvalue weighted by Crippen LogP contribution is -2.32. The molecule has 0 bridgehead atoms. The maximum atomic E-state index is 11.9. The van der Waals surface area contributed by atoms with Crippen molar-refractivity contribution in [3.63, 3.8) is 0 Å². The molecule has 0 aromatic heterocycles. The van der Waals surface area contributed by atoms with Gasteiger partial charge in [0.1, 0.15) is 5.75 Å². The zero-order valence-corrected chi connectivity index (χ0v) is 11.7. The van der Waals surface area contributed by atoms with Gasteiger partial charge in [-0.15, -0.1) is 0 Å². The van der Waals surface area contributed by atoms with Crippen LogP contribution in [-0.4, -0.2) is 31.0 Å². The Morgan fingerprint density at radius 2 is 1.95 bits per heavy atom. The number of carbonyl (C=O) groups is 1. The second-order valence-electron chi connectivity index (χ2n) is 5.52. The molecule has 3 heteroatoms. The summed E-state index contributed by atoms with van der Waals surface area (Å²) in [5.41, 5.74) is 0. The predicted molar refractivity (Wildman–Crippen MR) is 79.8 cm³/mol. The van der Waals surface area contributed by atoms with E-state index in [9.17, 15) is 4.79 Å². The average molecular weight is 269 g/mol. The normalized spacial score (nSPS) is 14.2. The molecule has 0 saturated heterocycles. The summed E-state index contributed by atoms with van der Waals surface area (Å²) in [6, 6.07) is 14.0. The van der Waals surface area contributed by atoms with E-state index in [-0.39, 0.29) is 12.5 Å². The van der Waals surface area contributed by atoms with E-state index in [1.54, 1.807) is 4.90 Å². The Kier molecular flexibility index (Phi) is 3.59. The van der Waals surface area contributed by atoms with Gasteiger partial charge in [0, 0.05) is 13.6 Å². The number of benzene rings is 2. The molecule has 0 heterocycles. The minimum absolute atomic E-state index is 0.0464. The molecule has 0 aliphatic heterocycles. The lowest BCUT2D eigenvalue weighted by molar-refractivity contribution is -0.132. The lowest BCUT2D eigenvalue weighted by atomic mass is 10.1. The van der Waals surface area contributed by atoms with Crippen LogP contribution in [0.15, 0.2) is 42.5 Å². The standard InChI is InChI=1S/C17H19NO2/c1-18(11-13-6-7-13)17(19)12-20-16-9-8-14-4-2-3-5-15(14)10-16/h2-5,8-10,13H,6-7,11-12H2,1H3. The van der Waals surface area contributed by atoms with E-state index in [2.05, 4.69) is 6.07 Å². The van der Waals surface area contributed by atoms with Gasteiger partial charge < -0.3 is 9.64 Å². The first-order valence-corrected chi connectivity index (χ1v) is 7.08. The molecule has 20 heavy (non-hydrogen) atoms. The van der Waals surface area contributed by atoms with Gasteiger partial charge in [0.05, 0.1) is 0 Å². The van der Waals surface area contributed by atoms with Crippen LogP contribution in [0.5, 0.6) is 5.75 Å². The molecular weight excluding hydrogens is 250 g/mol. The van der Waals surface area contributed by atoms with Crippen molar-refractivity contribution in [2.45, 2.75) is 12.8 Å². The summed E-state index contributed by atoms with van der Waals surface area (Å²) < 4.78 is 5.61. The van der Waals surface area contributed by atoms with Crippen molar-refractivity contribution >= 4 is 16.7 Å². The van der Waals surface area contributed by atoms with Gasteiger partial charge in [-0.3, -0.25) is 4.79 Å². The summed E-state index contributed by atoms with van der Waals surface area (Å²) in [7, 11) is 1.85. The molecule has 3 rings (SSSR count). The molecule has 0 N–H and O–H groups in total. The fourth-order valence-electron chi connectivity index (χ4n) is 2.30. The lowest BCUT2D eigenvalue weighted by Gasteiger charge is -2.17. The third kappa shape index (κ3) is 3.10. The minimum atomic E-state index is 0.0464. The van der Waals surface area contributed by atoms with E-state index in [0.717, 1.165) is 17.7 Å². The highest BCUT2D eigenvalue weighted by Gasteiger charge is 2.24. The van der Waals surface area contributed by atoms with Crippen molar-refractivity contribution < 1.29 is 9.53 Å². The van der Waals surface area contributed by atoms with Gasteiger partial charge in [0.15, 0.2) is 6.61 Å². The molecule has 0 unspecified atom stereocenters. The molecule has 0 spiro atoms. The van der Waals surface area contributed by atoms with Crippen molar-refractivity contribution in [2.24, 2.45) is 5.92 Å². The SMILES string of the molecule is CN(CC1CC1)C(=O)COc1ccc2ccccc2c1. The molecule has 1 saturated carbocycles. The van der Waals surface area contributed by atoms with Gasteiger partial charge in [-0.1, -0.05) is 30.3 Å². The van der Waals surface area contributed by atoms with Gasteiger partial charge >= 0.3 is 0 Å². The van der Waals surface area contributed by atoms with Crippen molar-refractivity contribution in [1.82, 2.24) is 4.90 Å². The molecule has 104 valence electrons. The number of carbonyl (C=O) groups excluding carboxylic acids is 1. The Morgan fingerprint density at radius 3 is 2.70 bits per heavy atom. The monoisotopic (exact) mass is 269 g/mol. The largest absolute Gasteiger partial charge is 0.484 e. The Bertz CT molecular complexity index is 619. The van der Waals surface area contributed by atoms with Crippen molar-refractivity contribution in [2.75, 3.05) is 20.2 Å². The van der Waals surface area contributed by atoms with E-state index in [0.29, 0.717) is 5.92 Å². The van der Waals surface area contributed by atoms with E-state index < -0.39 is 0 Å². The quantitative estimate of drug-likeness (QED) is 0.834. The van der Waals surface area contributed by atoms with Crippen LogP contribution < -0.4 is 4.74 Å². The number of fused-ring (bicyclic) bond motifs is 1. The Labute approximate surface area is 119 Å². The fourth-order valence-corrected chi connectivity index (χ4v) is 2.30. The first kappa shape index (κ1) is 13.0. The molecule has 0 radical (unpaired) electrons. The van der Waals surface area contributed by atoms with Crippen molar-refractivity contribution in [3.8, 4) is 5.75 Å². The summed E-state index contributed by atoms with van der Waals surface area (Å²) >= 11 is 0. The van der Waals surface area contributed by atoms with E-state index >= 15 is 0 Å². The number of hydrogen-bond acceptors (Lipinski definition) is 2. The molecule has 3 nitrogen and oxygen atoms in total. The van der Waals surface area contributed by atoms with Crippen LogP contribution in [0.25, 0.3) is 10.8 Å². The molecule has 0 atom stereocenters. The molecule has 1 aliphatic carbocycles. The zero-order chi connectivity index (χ0) is 13.9. The number of hydrogen-bond donors (Lipinski definition) is 0. The third-order valence-electron chi connectivity index (χ3n) is 3.74. The maximum absolute atomic E-state index is 11.9. The van der Waals surface area contributed by atoms with Crippen molar-refractivity contribution in [3.05, 3.63) is 42.5 Å². The Hall–Kier alpha value is -2.03. The van der Waals surface area contributed by atoms with Gasteiger partial charge in [-0.05, 0) is 41.7 Å². The van der Waals surface area contributed by atoms with Gasteiger partial charge in [0.2, 0.25) is 0 Å². The molecule has 1 fully saturated rings. The third-order valence-corrected chi connectivity index (χ3v) is 3.74. The van der Waals surface area contributed by atoms with Gasteiger partial charge in [0.25, 0.3) is 5.91 Å². The van der Waals surface area contributed by atoms with E-state index in [1.165, 1.54) is 18.2 Å². The molecular formula is C17H19NO2. The van der Waals surface area contributed by atoms with Crippen LogP contribution in [-0.2, 0) is 4.79 Å². The second kappa shape index (κ2) is 5.53. The smallest absolute Gasteiger partial charge is 0.260 e. The summed E-state index contributed by atoms with van der Waals surface area (Å²) in [5.74, 6) is 1.51. The first-order chi connectivity index (χ1) is 9.72. The minimum Gasteiger partial charge on any atom is -0.484 e. The number of ether oxygens (including phenoxy) is 1. The Morgan fingerprint density at radius 1 is 1.20 bits per heavy atom. The van der Waals surface area contributed by atoms with Crippen LogP contribution >= 0.6 is 0 Å². The molecule has 1 amide bonds. The van der Waals surface area contributed by atoms with Crippen LogP contribution in [0.3, 0.4) is 0 Å². The van der Waals surface area contributed by atoms with Crippen LogP contribution in [0.4, 0.5) is 0 Å². The van der Waals surface area contributed by atoms with Crippen molar-refractivity contribution in [1.29, 1.82) is 0 Å². The van der Waals surface area contributed by atoms with Crippen LogP contribution in [0, 0.1) is 5.92 Å². The first-order valence-electron chi connectivity index (χ1n) is 7.08. The summed E-state index contributed by atoms with van der Waals surface area (Å²) in [4.78, 5) is 13.7. The number of rotatable bonds is 5.